The number of amides is 2. The van der Waals surface area contributed by atoms with Gasteiger partial charge in [0.15, 0.2) is 0 Å². The molecule has 3 heterocycles. The lowest BCUT2D eigenvalue weighted by Crippen LogP contribution is -2.38. The first-order valence-electron chi connectivity index (χ1n) is 16.8. The van der Waals surface area contributed by atoms with Gasteiger partial charge in [0, 0.05) is 31.0 Å². The van der Waals surface area contributed by atoms with E-state index in [0.717, 1.165) is 16.7 Å². The molecular weight excluding hydrogens is 674 g/mol. The van der Waals surface area contributed by atoms with Gasteiger partial charge in [0.1, 0.15) is 29.4 Å². The summed E-state index contributed by atoms with van der Waals surface area (Å²) in [5, 5.41) is 11.7. The lowest BCUT2D eigenvalue weighted by atomic mass is 9.79. The van der Waals surface area contributed by atoms with Gasteiger partial charge in [-0.05, 0) is 59.9 Å². The number of hydroxylamine groups is 2. The molecule has 2 fully saturated rings. The van der Waals surface area contributed by atoms with Crippen molar-refractivity contribution in [3.63, 3.8) is 0 Å². The number of imide groups is 1. The first-order valence-corrected chi connectivity index (χ1v) is 16.8. The Kier molecular flexibility index (Phi) is 10.7. The highest BCUT2D eigenvalue weighted by Crippen LogP contribution is 2.43. The number of benzene rings is 3. The lowest BCUT2D eigenvalue weighted by Gasteiger charge is -2.37. The van der Waals surface area contributed by atoms with Crippen LogP contribution < -0.4 is 20.7 Å². The summed E-state index contributed by atoms with van der Waals surface area (Å²) >= 11 is 0. The van der Waals surface area contributed by atoms with Crippen LogP contribution in [-0.4, -0.2) is 70.5 Å². The van der Waals surface area contributed by atoms with E-state index in [0.29, 0.717) is 27.7 Å². The fourth-order valence-electron chi connectivity index (χ4n) is 6.40. The van der Waals surface area contributed by atoms with Gasteiger partial charge in [0.05, 0.1) is 33.4 Å². The van der Waals surface area contributed by atoms with Crippen molar-refractivity contribution in [2.75, 3.05) is 20.8 Å². The summed E-state index contributed by atoms with van der Waals surface area (Å²) in [6.07, 6.45) is -0.937. The number of aromatic amines is 1. The van der Waals surface area contributed by atoms with Gasteiger partial charge in [0.2, 0.25) is 0 Å². The molecule has 1 aromatic heterocycles. The third kappa shape index (κ3) is 7.40. The smallest absolute Gasteiger partial charge is 0.333 e. The molecule has 2 amide bonds. The predicted octanol–water partition coefficient (Wildman–Crippen LogP) is 3.06. The zero-order valence-corrected chi connectivity index (χ0v) is 28.9. The van der Waals surface area contributed by atoms with Crippen LogP contribution >= 0.6 is 0 Å². The highest BCUT2D eigenvalue weighted by molar-refractivity contribution is 6.01. The number of carbonyl (C=O) groups is 3. The Morgan fingerprint density at radius 3 is 1.94 bits per heavy atom. The molecule has 3 aromatic carbocycles. The zero-order valence-electron chi connectivity index (χ0n) is 28.9. The number of methoxy groups -OCH3 is 2. The SMILES string of the molecule is COc1ccc(C(OC[C@H]2O[C@@H](n3cc(C)c(=O)[nH]c3=O)C[C@@H]2O)(c2ccc(CCC(=O)ON3C(=O)CCC3=O)cc2)c2ccc(OC)cc2)cc1. The van der Waals surface area contributed by atoms with E-state index in [2.05, 4.69) is 4.98 Å². The lowest BCUT2D eigenvalue weighted by molar-refractivity contribution is -0.197. The minimum absolute atomic E-state index is 0.0149. The van der Waals surface area contributed by atoms with Gasteiger partial charge < -0.3 is 28.9 Å². The van der Waals surface area contributed by atoms with Crippen molar-refractivity contribution in [1.82, 2.24) is 14.6 Å². The number of H-pyrrole nitrogens is 1. The molecule has 0 aliphatic carbocycles. The molecule has 6 rings (SSSR count). The number of hydrogen-bond donors (Lipinski definition) is 2. The summed E-state index contributed by atoms with van der Waals surface area (Å²) in [7, 11) is 3.14. The molecule has 14 nitrogen and oxygen atoms in total. The van der Waals surface area contributed by atoms with E-state index in [9.17, 15) is 29.1 Å². The number of aliphatic hydroxyl groups is 1. The molecule has 14 heteroatoms. The number of aromatic nitrogens is 2. The normalized spacial score (nSPS) is 18.8. The van der Waals surface area contributed by atoms with Crippen molar-refractivity contribution < 1.29 is 43.3 Å². The van der Waals surface area contributed by atoms with E-state index in [4.69, 9.17) is 23.8 Å². The molecule has 2 aliphatic heterocycles. The number of rotatable bonds is 13. The van der Waals surface area contributed by atoms with Crippen LogP contribution in [0.3, 0.4) is 0 Å². The van der Waals surface area contributed by atoms with Crippen LogP contribution in [0.15, 0.2) is 88.6 Å². The Hall–Kier alpha value is -5.57. The quantitative estimate of drug-likeness (QED) is 0.154. The molecule has 0 spiro atoms. The molecule has 52 heavy (non-hydrogen) atoms. The van der Waals surface area contributed by atoms with Crippen LogP contribution in [-0.2, 0) is 40.7 Å². The van der Waals surface area contributed by atoms with E-state index in [1.165, 1.54) is 10.8 Å². The summed E-state index contributed by atoms with van der Waals surface area (Å²) in [6.45, 7) is 1.48. The topological polar surface area (TPSA) is 176 Å². The van der Waals surface area contributed by atoms with Crippen molar-refractivity contribution in [1.29, 1.82) is 0 Å². The molecule has 0 unspecified atom stereocenters. The Bertz CT molecular complexity index is 1980. The second-order valence-electron chi connectivity index (χ2n) is 12.6. The first-order chi connectivity index (χ1) is 25.0. The van der Waals surface area contributed by atoms with E-state index in [1.54, 1.807) is 21.1 Å². The molecule has 0 saturated carbocycles. The van der Waals surface area contributed by atoms with Gasteiger partial charge in [-0.3, -0.25) is 23.9 Å². The molecule has 2 saturated heterocycles. The zero-order chi connectivity index (χ0) is 37.0. The van der Waals surface area contributed by atoms with Crippen LogP contribution in [0.25, 0.3) is 0 Å². The van der Waals surface area contributed by atoms with Crippen molar-refractivity contribution >= 4 is 17.8 Å². The minimum Gasteiger partial charge on any atom is -0.497 e. The van der Waals surface area contributed by atoms with Crippen LogP contribution in [0.2, 0.25) is 0 Å². The Balaban J connectivity index is 1.31. The summed E-state index contributed by atoms with van der Waals surface area (Å²) in [5.41, 5.74) is 0.858. The molecular formula is C38H39N3O11. The predicted molar refractivity (Wildman–Crippen MR) is 184 cm³/mol. The van der Waals surface area contributed by atoms with E-state index in [1.807, 2.05) is 72.8 Å². The standard InChI is InChI=1S/C38H39N3O11/c1-23-21-40(37(47)39-36(23)46)34-20-30(42)31(51-34)22-50-38(26-9-13-28(48-2)14-10-26,27-11-15-29(49-3)16-12-27)25-7-4-24(5-8-25)6-19-35(45)52-41-32(43)17-18-33(41)44/h4-5,7-16,21,30-31,34,42H,6,17-20,22H2,1-3H3,(H,39,46,47)/t30-,31+,34+/m0/s1. The monoisotopic (exact) mass is 713 g/mol. The average molecular weight is 714 g/mol. The number of nitrogens with zero attached hydrogens (tertiary/aromatic N) is 2. The highest BCUT2D eigenvalue weighted by atomic mass is 16.7. The van der Waals surface area contributed by atoms with Gasteiger partial charge in [-0.25, -0.2) is 9.59 Å². The summed E-state index contributed by atoms with van der Waals surface area (Å²) < 4.78 is 25.2. The fourth-order valence-corrected chi connectivity index (χ4v) is 6.40. The molecule has 4 aromatic rings. The van der Waals surface area contributed by atoms with Gasteiger partial charge in [0.25, 0.3) is 17.4 Å². The molecule has 2 N–H and O–H groups in total. The maximum Gasteiger partial charge on any atom is 0.333 e. The minimum atomic E-state index is -1.28. The molecule has 2 aliphatic rings. The van der Waals surface area contributed by atoms with Crippen molar-refractivity contribution in [2.24, 2.45) is 0 Å². The average Bonchev–Trinajstić information content (AvgIpc) is 3.69. The van der Waals surface area contributed by atoms with E-state index < -0.39 is 53.1 Å². The Labute approximate surface area is 298 Å². The number of hydrogen-bond acceptors (Lipinski definition) is 11. The number of aliphatic hydroxyl groups excluding tert-OH is 1. The molecule has 0 bridgehead atoms. The van der Waals surface area contributed by atoms with Crippen LogP contribution in [0.4, 0.5) is 0 Å². The van der Waals surface area contributed by atoms with Crippen molar-refractivity contribution in [3.8, 4) is 11.5 Å². The fraction of sp³-hybridized carbons (Fsp3) is 0.342. The third-order valence-electron chi connectivity index (χ3n) is 9.29. The third-order valence-corrected chi connectivity index (χ3v) is 9.29. The largest absolute Gasteiger partial charge is 0.497 e. The second-order valence-corrected chi connectivity index (χ2v) is 12.6. The number of carbonyl (C=O) groups excluding carboxylic acids is 3. The Morgan fingerprint density at radius 1 is 0.865 bits per heavy atom. The van der Waals surface area contributed by atoms with E-state index >= 15 is 0 Å². The first kappa shape index (κ1) is 36.2. The number of aryl methyl sites for hydroxylation is 2. The maximum absolute atomic E-state index is 12.6. The maximum atomic E-state index is 12.6. The summed E-state index contributed by atoms with van der Waals surface area (Å²) in [5.74, 6) is -0.517. The highest BCUT2D eigenvalue weighted by Gasteiger charge is 2.42. The van der Waals surface area contributed by atoms with Crippen LogP contribution in [0.5, 0.6) is 11.5 Å². The van der Waals surface area contributed by atoms with Gasteiger partial charge >= 0.3 is 11.7 Å². The molecule has 272 valence electrons. The van der Waals surface area contributed by atoms with Crippen LogP contribution in [0.1, 0.15) is 59.7 Å². The summed E-state index contributed by atoms with van der Waals surface area (Å²) in [6, 6.07) is 22.2. The number of ether oxygens (including phenoxy) is 4. The number of nitrogens with one attached hydrogen (secondary N) is 1. The molecule has 3 atom stereocenters. The summed E-state index contributed by atoms with van der Waals surface area (Å²) in [4.78, 5) is 68.1. The van der Waals surface area contributed by atoms with Gasteiger partial charge in [-0.15, -0.1) is 5.06 Å². The second kappa shape index (κ2) is 15.4. The van der Waals surface area contributed by atoms with Crippen molar-refractivity contribution in [3.05, 3.63) is 128 Å². The Morgan fingerprint density at radius 2 is 1.40 bits per heavy atom. The van der Waals surface area contributed by atoms with E-state index in [-0.39, 0.29) is 38.7 Å². The van der Waals surface area contributed by atoms with Gasteiger partial charge in [-0.2, -0.15) is 0 Å². The van der Waals surface area contributed by atoms with Crippen LogP contribution in [0, 0.1) is 6.92 Å². The van der Waals surface area contributed by atoms with Gasteiger partial charge in [-0.1, -0.05) is 48.5 Å². The molecule has 0 radical (unpaired) electrons. The van der Waals surface area contributed by atoms with Crippen molar-refractivity contribution in [2.45, 2.75) is 63.1 Å².